The van der Waals surface area contributed by atoms with Gasteiger partial charge in [0.15, 0.2) is 0 Å². The second kappa shape index (κ2) is 7.99. The molecule has 0 aromatic carbocycles. The Labute approximate surface area is 146 Å². The number of amides is 1. The van der Waals surface area contributed by atoms with Crippen molar-refractivity contribution in [2.75, 3.05) is 52.5 Å². The maximum atomic E-state index is 12.8. The number of aliphatic hydroxyl groups is 1. The molecule has 2 fully saturated rings. The molecule has 1 aromatic rings. The van der Waals surface area contributed by atoms with Crippen LogP contribution in [0.4, 0.5) is 0 Å². The molecular weight excluding hydrogens is 326 g/mol. The summed E-state index contributed by atoms with van der Waals surface area (Å²) in [7, 11) is 0. The van der Waals surface area contributed by atoms with Crippen LogP contribution in [0.2, 0.25) is 0 Å². The van der Waals surface area contributed by atoms with Gasteiger partial charge in [0, 0.05) is 51.6 Å². The number of carbonyl (C=O) groups excluding carboxylic acids is 1. The van der Waals surface area contributed by atoms with E-state index in [1.165, 1.54) is 6.20 Å². The zero-order chi connectivity index (χ0) is 17.8. The van der Waals surface area contributed by atoms with Crippen LogP contribution in [0.1, 0.15) is 16.8 Å². The molecule has 1 amide bonds. The minimum Gasteiger partial charge on any atom is -0.507 e. The lowest BCUT2D eigenvalue weighted by atomic mass is 9.88. The van der Waals surface area contributed by atoms with Crippen LogP contribution in [0.25, 0.3) is 0 Å². The average Bonchev–Trinajstić information content (AvgIpc) is 2.62. The molecule has 3 rings (SSSR count). The lowest BCUT2D eigenvalue weighted by molar-refractivity contribution is 0.0129. The Bertz CT molecular complexity index is 656. The highest BCUT2D eigenvalue weighted by molar-refractivity contribution is 5.96. The fraction of sp³-hybridized carbons (Fsp3) is 0.647. The van der Waals surface area contributed by atoms with Crippen molar-refractivity contribution in [3.05, 3.63) is 28.2 Å². The number of aromatic amines is 1. The minimum absolute atomic E-state index is 0.0219. The molecule has 0 spiro atoms. The molecule has 138 valence electrons. The van der Waals surface area contributed by atoms with Crippen molar-refractivity contribution >= 4 is 5.91 Å². The second-order valence-electron chi connectivity index (χ2n) is 6.87. The van der Waals surface area contributed by atoms with E-state index in [9.17, 15) is 19.8 Å². The predicted molar refractivity (Wildman–Crippen MR) is 90.6 cm³/mol. The van der Waals surface area contributed by atoms with Gasteiger partial charge in [-0.05, 0) is 18.3 Å². The third-order valence-electron chi connectivity index (χ3n) is 4.92. The van der Waals surface area contributed by atoms with Gasteiger partial charge in [0.25, 0.3) is 11.5 Å². The van der Waals surface area contributed by atoms with Gasteiger partial charge in [-0.2, -0.15) is 0 Å². The molecule has 25 heavy (non-hydrogen) atoms. The third kappa shape index (κ3) is 4.39. The van der Waals surface area contributed by atoms with E-state index in [2.05, 4.69) is 9.88 Å². The molecule has 0 bridgehead atoms. The largest absolute Gasteiger partial charge is 0.507 e. The SMILES string of the molecule is O=C(c1c[nH]c(=O)cc1O)N1C[C@H](CO)C[C@H](CN2CCOCC2)C1. The van der Waals surface area contributed by atoms with E-state index in [0.29, 0.717) is 13.1 Å². The normalized spacial score (nSPS) is 25.1. The number of nitrogens with zero attached hydrogens (tertiary/aromatic N) is 2. The first kappa shape index (κ1) is 17.9. The molecule has 3 N–H and O–H groups in total. The highest BCUT2D eigenvalue weighted by Gasteiger charge is 2.32. The molecule has 8 nitrogen and oxygen atoms in total. The van der Waals surface area contributed by atoms with Crippen molar-refractivity contribution in [2.24, 2.45) is 11.8 Å². The number of ether oxygens (including phenoxy) is 1. The summed E-state index contributed by atoms with van der Waals surface area (Å²) in [6.07, 6.45) is 2.12. The number of piperidine rings is 1. The number of aliphatic hydroxyl groups excluding tert-OH is 1. The number of rotatable bonds is 4. The van der Waals surface area contributed by atoms with Gasteiger partial charge in [-0.1, -0.05) is 0 Å². The molecular formula is C17H25N3O5. The molecule has 0 radical (unpaired) electrons. The van der Waals surface area contributed by atoms with Crippen LogP contribution in [0.3, 0.4) is 0 Å². The summed E-state index contributed by atoms with van der Waals surface area (Å²) in [5, 5.41) is 19.5. The molecule has 0 unspecified atom stereocenters. The van der Waals surface area contributed by atoms with Gasteiger partial charge in [-0.3, -0.25) is 14.5 Å². The Hall–Kier alpha value is -1.90. The van der Waals surface area contributed by atoms with E-state index < -0.39 is 5.56 Å². The summed E-state index contributed by atoms with van der Waals surface area (Å²) in [5.41, 5.74) is -0.366. The molecule has 0 aliphatic carbocycles. The van der Waals surface area contributed by atoms with Gasteiger partial charge in [-0.15, -0.1) is 0 Å². The van der Waals surface area contributed by atoms with Crippen LogP contribution in [-0.2, 0) is 4.74 Å². The zero-order valence-corrected chi connectivity index (χ0v) is 14.2. The van der Waals surface area contributed by atoms with E-state index in [4.69, 9.17) is 4.74 Å². The van der Waals surface area contributed by atoms with Crippen LogP contribution in [-0.4, -0.2) is 83.4 Å². The van der Waals surface area contributed by atoms with E-state index >= 15 is 0 Å². The minimum atomic E-state index is -0.453. The van der Waals surface area contributed by atoms with Crippen molar-refractivity contribution < 1.29 is 19.7 Å². The Morgan fingerprint density at radius 3 is 2.68 bits per heavy atom. The molecule has 2 atom stereocenters. The van der Waals surface area contributed by atoms with E-state index in [1.807, 2.05) is 0 Å². The van der Waals surface area contributed by atoms with Gasteiger partial charge in [0.1, 0.15) is 5.75 Å². The number of morpholine rings is 1. The van der Waals surface area contributed by atoms with Gasteiger partial charge in [0.2, 0.25) is 0 Å². The number of likely N-dealkylation sites (tertiary alicyclic amines) is 1. The van der Waals surface area contributed by atoms with Crippen LogP contribution in [0.5, 0.6) is 5.75 Å². The van der Waals surface area contributed by atoms with Crippen LogP contribution >= 0.6 is 0 Å². The predicted octanol–water partition coefficient (Wildman–Crippen LogP) is -0.517. The van der Waals surface area contributed by atoms with Gasteiger partial charge < -0.3 is 24.8 Å². The number of pyridine rings is 1. The number of aromatic nitrogens is 1. The topological polar surface area (TPSA) is 106 Å². The number of carbonyl (C=O) groups is 1. The third-order valence-corrected chi connectivity index (χ3v) is 4.92. The molecule has 3 heterocycles. The number of aromatic hydroxyl groups is 1. The highest BCUT2D eigenvalue weighted by Crippen LogP contribution is 2.26. The first-order valence-electron chi connectivity index (χ1n) is 8.68. The monoisotopic (exact) mass is 351 g/mol. The van der Waals surface area contributed by atoms with Crippen molar-refractivity contribution in [1.82, 2.24) is 14.8 Å². The Morgan fingerprint density at radius 2 is 2.00 bits per heavy atom. The number of H-pyrrole nitrogens is 1. The van der Waals surface area contributed by atoms with Crippen LogP contribution < -0.4 is 5.56 Å². The van der Waals surface area contributed by atoms with Gasteiger partial charge >= 0.3 is 0 Å². The van der Waals surface area contributed by atoms with Crippen LogP contribution in [0, 0.1) is 11.8 Å². The van der Waals surface area contributed by atoms with Crippen molar-refractivity contribution in [3.8, 4) is 5.75 Å². The summed E-state index contributed by atoms with van der Waals surface area (Å²) < 4.78 is 5.37. The zero-order valence-electron chi connectivity index (χ0n) is 14.2. The van der Waals surface area contributed by atoms with Gasteiger partial charge in [0.05, 0.1) is 18.8 Å². The lowest BCUT2D eigenvalue weighted by Gasteiger charge is -2.40. The summed E-state index contributed by atoms with van der Waals surface area (Å²) in [5.74, 6) is -0.352. The molecule has 2 aliphatic rings. The van der Waals surface area contributed by atoms with Crippen molar-refractivity contribution in [3.63, 3.8) is 0 Å². The smallest absolute Gasteiger partial charge is 0.259 e. The highest BCUT2D eigenvalue weighted by atomic mass is 16.5. The quantitative estimate of drug-likeness (QED) is 0.674. The van der Waals surface area contributed by atoms with Crippen molar-refractivity contribution in [1.29, 1.82) is 0 Å². The maximum absolute atomic E-state index is 12.8. The Morgan fingerprint density at radius 1 is 1.28 bits per heavy atom. The van der Waals surface area contributed by atoms with E-state index in [-0.39, 0.29) is 35.7 Å². The van der Waals surface area contributed by atoms with Gasteiger partial charge in [-0.25, -0.2) is 0 Å². The fourth-order valence-electron chi connectivity index (χ4n) is 3.70. The van der Waals surface area contributed by atoms with E-state index in [0.717, 1.165) is 45.3 Å². The van der Waals surface area contributed by atoms with Crippen molar-refractivity contribution in [2.45, 2.75) is 6.42 Å². The number of hydrogen-bond acceptors (Lipinski definition) is 6. The first-order chi connectivity index (χ1) is 12.1. The molecule has 2 aliphatic heterocycles. The molecule has 2 saturated heterocycles. The summed E-state index contributed by atoms with van der Waals surface area (Å²) in [6, 6.07) is 1.01. The summed E-state index contributed by atoms with van der Waals surface area (Å²) in [6.45, 7) is 5.14. The Balaban J connectivity index is 1.70. The average molecular weight is 351 g/mol. The molecule has 8 heteroatoms. The molecule has 0 saturated carbocycles. The maximum Gasteiger partial charge on any atom is 0.259 e. The van der Waals surface area contributed by atoms with Crippen LogP contribution in [0.15, 0.2) is 17.1 Å². The molecule has 1 aromatic heterocycles. The standard InChI is InChI=1S/C17H25N3O5/c21-11-13-5-12(8-19-1-3-25-4-2-19)9-20(10-13)17(24)14-7-18-16(23)6-15(14)22/h6-7,12-13,21H,1-5,8-11H2,(H2,18,22,23)/t12-,13-/m1/s1. The summed E-state index contributed by atoms with van der Waals surface area (Å²) >= 11 is 0. The first-order valence-corrected chi connectivity index (χ1v) is 8.68. The Kier molecular flexibility index (Phi) is 5.72. The number of nitrogens with one attached hydrogen (secondary N) is 1. The number of hydrogen-bond donors (Lipinski definition) is 3. The lowest BCUT2D eigenvalue weighted by Crippen LogP contribution is -2.49. The summed E-state index contributed by atoms with van der Waals surface area (Å²) in [4.78, 5) is 30.4. The fourth-order valence-corrected chi connectivity index (χ4v) is 3.70. The second-order valence-corrected chi connectivity index (χ2v) is 6.87. The van der Waals surface area contributed by atoms with E-state index in [1.54, 1.807) is 4.90 Å².